The molecule has 0 N–H and O–H groups in total. The van der Waals surface area contributed by atoms with E-state index in [2.05, 4.69) is 4.74 Å². The molecule has 0 aromatic carbocycles. The van der Waals surface area contributed by atoms with Crippen LogP contribution in [-0.4, -0.2) is 30.0 Å². The number of hydrogen-bond donors (Lipinski definition) is 0. The van der Waals surface area contributed by atoms with Crippen molar-refractivity contribution in [2.45, 2.75) is 13.3 Å². The number of rotatable bonds is 5. The summed E-state index contributed by atoms with van der Waals surface area (Å²) in [5, 5.41) is 0. The van der Waals surface area contributed by atoms with E-state index in [-0.39, 0.29) is 12.5 Å². The average molecular weight is 193 g/mol. The van der Waals surface area contributed by atoms with Crippen LogP contribution < -0.4 is 0 Å². The highest BCUT2D eigenvalue weighted by molar-refractivity contribution is 6.39. The molecule has 0 aliphatic heterocycles. The molecule has 0 bridgehead atoms. The Labute approximate surface area is 74.8 Å². The highest BCUT2D eigenvalue weighted by atomic mass is 35.5. The molecule has 12 heavy (non-hydrogen) atoms. The van der Waals surface area contributed by atoms with Gasteiger partial charge >= 0.3 is 5.97 Å². The summed E-state index contributed by atoms with van der Waals surface area (Å²) in [7, 11) is 0. The number of ketones is 2. The van der Waals surface area contributed by atoms with Gasteiger partial charge in [-0.15, -0.1) is 11.6 Å². The Morgan fingerprint density at radius 3 is 2.33 bits per heavy atom. The van der Waals surface area contributed by atoms with Gasteiger partial charge in [0.15, 0.2) is 5.78 Å². The molecule has 0 aliphatic rings. The standard InChI is InChI=1S/C7H9ClO4/c1-2-12-7(11)6(10)3-5(9)4-8/h2-4H2,1H3. The van der Waals surface area contributed by atoms with Crippen molar-refractivity contribution in [3.05, 3.63) is 0 Å². The van der Waals surface area contributed by atoms with Gasteiger partial charge in [0, 0.05) is 0 Å². The van der Waals surface area contributed by atoms with Gasteiger partial charge in [0.25, 0.3) is 0 Å². The Balaban J connectivity index is 3.87. The van der Waals surface area contributed by atoms with E-state index in [1.807, 2.05) is 0 Å². The number of halogens is 1. The zero-order valence-electron chi connectivity index (χ0n) is 6.63. The zero-order chi connectivity index (χ0) is 9.56. The van der Waals surface area contributed by atoms with Gasteiger partial charge in [-0.3, -0.25) is 9.59 Å². The van der Waals surface area contributed by atoms with Crippen LogP contribution >= 0.6 is 11.6 Å². The minimum atomic E-state index is -0.976. The van der Waals surface area contributed by atoms with Crippen molar-refractivity contribution in [2.24, 2.45) is 0 Å². The summed E-state index contributed by atoms with van der Waals surface area (Å²) >= 11 is 5.12. The highest BCUT2D eigenvalue weighted by Gasteiger charge is 2.17. The smallest absolute Gasteiger partial charge is 0.375 e. The molecule has 0 aliphatic carbocycles. The first-order chi connectivity index (χ1) is 5.61. The minimum Gasteiger partial charge on any atom is -0.460 e. The lowest BCUT2D eigenvalue weighted by Crippen LogP contribution is -2.20. The molecule has 4 nitrogen and oxygen atoms in total. The van der Waals surface area contributed by atoms with E-state index in [4.69, 9.17) is 11.6 Å². The molecule has 0 rings (SSSR count). The fourth-order valence-electron chi connectivity index (χ4n) is 0.510. The lowest BCUT2D eigenvalue weighted by atomic mass is 10.2. The van der Waals surface area contributed by atoms with Crippen molar-refractivity contribution in [1.82, 2.24) is 0 Å². The van der Waals surface area contributed by atoms with Gasteiger partial charge in [0.05, 0.1) is 18.9 Å². The number of carbonyl (C=O) groups excluding carboxylic acids is 3. The van der Waals surface area contributed by atoms with Gasteiger partial charge in [0.2, 0.25) is 5.78 Å². The van der Waals surface area contributed by atoms with Gasteiger partial charge in [-0.25, -0.2) is 4.79 Å². The van der Waals surface area contributed by atoms with E-state index in [9.17, 15) is 14.4 Å². The predicted molar refractivity (Wildman–Crippen MR) is 42.0 cm³/mol. The Hall–Kier alpha value is -0.900. The summed E-state index contributed by atoms with van der Waals surface area (Å²) < 4.78 is 4.37. The Morgan fingerprint density at radius 1 is 1.33 bits per heavy atom. The molecule has 0 amide bonds. The van der Waals surface area contributed by atoms with Gasteiger partial charge in [0.1, 0.15) is 0 Å². The first-order valence-electron chi connectivity index (χ1n) is 3.39. The molecule has 0 saturated heterocycles. The number of ether oxygens (including phenoxy) is 1. The molecule has 0 radical (unpaired) electrons. The maximum atomic E-state index is 10.7. The largest absolute Gasteiger partial charge is 0.460 e. The second-order valence-electron chi connectivity index (χ2n) is 1.99. The summed E-state index contributed by atoms with van der Waals surface area (Å²) in [6.45, 7) is 1.70. The van der Waals surface area contributed by atoms with Crippen LogP contribution in [0.5, 0.6) is 0 Å². The molecule has 0 aromatic rings. The predicted octanol–water partition coefficient (Wildman–Crippen LogP) is 0.317. The van der Waals surface area contributed by atoms with Crippen LogP contribution in [0.3, 0.4) is 0 Å². The molecular weight excluding hydrogens is 184 g/mol. The van der Waals surface area contributed by atoms with E-state index in [0.29, 0.717) is 0 Å². The first kappa shape index (κ1) is 11.1. The van der Waals surface area contributed by atoms with E-state index in [0.717, 1.165) is 0 Å². The molecule has 0 heterocycles. The van der Waals surface area contributed by atoms with Gasteiger partial charge in [-0.05, 0) is 6.92 Å². The maximum absolute atomic E-state index is 10.7. The molecule has 0 atom stereocenters. The third kappa shape index (κ3) is 4.08. The topological polar surface area (TPSA) is 60.4 Å². The molecule has 68 valence electrons. The lowest BCUT2D eigenvalue weighted by Gasteiger charge is -1.97. The third-order valence-electron chi connectivity index (χ3n) is 1.01. The Kier molecular flexibility index (Phi) is 5.28. The van der Waals surface area contributed by atoms with Crippen molar-refractivity contribution >= 4 is 29.1 Å². The van der Waals surface area contributed by atoms with E-state index >= 15 is 0 Å². The minimum absolute atomic E-state index is 0.125. The fraction of sp³-hybridized carbons (Fsp3) is 0.571. The molecule has 0 fully saturated rings. The molecule has 0 unspecified atom stereocenters. The van der Waals surface area contributed by atoms with Crippen LogP contribution in [0.25, 0.3) is 0 Å². The number of Topliss-reactive ketones (excluding diaryl/α,β-unsaturated/α-hetero) is 2. The summed E-state index contributed by atoms with van der Waals surface area (Å²) in [5.74, 6) is -2.56. The average Bonchev–Trinajstić information content (AvgIpc) is 2.04. The quantitative estimate of drug-likeness (QED) is 0.272. The second kappa shape index (κ2) is 5.71. The van der Waals surface area contributed by atoms with Crippen LogP contribution in [0.15, 0.2) is 0 Å². The number of carbonyl (C=O) groups is 3. The van der Waals surface area contributed by atoms with E-state index in [1.165, 1.54) is 0 Å². The van der Waals surface area contributed by atoms with Crippen molar-refractivity contribution in [1.29, 1.82) is 0 Å². The lowest BCUT2D eigenvalue weighted by molar-refractivity contribution is -0.154. The fourth-order valence-corrected chi connectivity index (χ4v) is 0.605. The number of hydrogen-bond acceptors (Lipinski definition) is 4. The third-order valence-corrected chi connectivity index (χ3v) is 1.31. The van der Waals surface area contributed by atoms with Crippen LogP contribution in [0.2, 0.25) is 0 Å². The van der Waals surface area contributed by atoms with Crippen molar-refractivity contribution < 1.29 is 19.1 Å². The maximum Gasteiger partial charge on any atom is 0.375 e. The van der Waals surface area contributed by atoms with E-state index in [1.54, 1.807) is 6.92 Å². The molecular formula is C7H9ClO4. The molecule has 0 aromatic heterocycles. The van der Waals surface area contributed by atoms with E-state index < -0.39 is 24.0 Å². The Morgan fingerprint density at radius 2 is 1.92 bits per heavy atom. The van der Waals surface area contributed by atoms with Crippen molar-refractivity contribution in [3.8, 4) is 0 Å². The normalized spacial score (nSPS) is 9.17. The molecule has 0 saturated carbocycles. The molecule has 5 heteroatoms. The summed E-state index contributed by atoms with van der Waals surface area (Å²) in [5.41, 5.74) is 0. The van der Waals surface area contributed by atoms with Crippen molar-refractivity contribution in [3.63, 3.8) is 0 Å². The van der Waals surface area contributed by atoms with Crippen LogP contribution in [0.4, 0.5) is 0 Å². The summed E-state index contributed by atoms with van der Waals surface area (Å²) in [4.78, 5) is 31.9. The highest BCUT2D eigenvalue weighted by Crippen LogP contribution is 1.91. The van der Waals surface area contributed by atoms with Gasteiger partial charge in [-0.2, -0.15) is 0 Å². The monoisotopic (exact) mass is 192 g/mol. The van der Waals surface area contributed by atoms with Crippen LogP contribution in [0, 0.1) is 0 Å². The van der Waals surface area contributed by atoms with Crippen LogP contribution in [-0.2, 0) is 19.1 Å². The number of esters is 1. The summed E-state index contributed by atoms with van der Waals surface area (Å²) in [6, 6.07) is 0. The Bertz CT molecular complexity index is 200. The number of alkyl halides is 1. The van der Waals surface area contributed by atoms with Gasteiger partial charge in [-0.1, -0.05) is 0 Å². The second-order valence-corrected chi connectivity index (χ2v) is 2.26. The molecule has 0 spiro atoms. The zero-order valence-corrected chi connectivity index (χ0v) is 7.39. The summed E-state index contributed by atoms with van der Waals surface area (Å²) in [6.07, 6.45) is -0.470. The first-order valence-corrected chi connectivity index (χ1v) is 3.92. The van der Waals surface area contributed by atoms with Crippen LogP contribution in [0.1, 0.15) is 13.3 Å². The SMILES string of the molecule is CCOC(=O)C(=O)CC(=O)CCl. The van der Waals surface area contributed by atoms with Gasteiger partial charge < -0.3 is 4.74 Å². The van der Waals surface area contributed by atoms with Crippen molar-refractivity contribution in [2.75, 3.05) is 12.5 Å².